The van der Waals surface area contributed by atoms with E-state index >= 15 is 0 Å². The molecule has 196 valence electrons. The van der Waals surface area contributed by atoms with Crippen LogP contribution in [-0.2, 0) is 18.0 Å². The average Bonchev–Trinajstić information content (AvgIpc) is 2.79. The highest BCUT2D eigenvalue weighted by atomic mass is 79.9. The van der Waals surface area contributed by atoms with Crippen molar-refractivity contribution < 1.29 is 27.8 Å². The Morgan fingerprint density at radius 1 is 1.14 bits per heavy atom. The van der Waals surface area contributed by atoms with Crippen molar-refractivity contribution in [2.24, 2.45) is 7.05 Å². The maximum Gasteiger partial charge on any atom is 0.431 e. The van der Waals surface area contributed by atoms with Crippen LogP contribution < -0.4 is 11.2 Å². The van der Waals surface area contributed by atoms with Crippen LogP contribution in [-0.4, -0.2) is 26.3 Å². The molecule has 1 aromatic heterocycles. The highest BCUT2D eigenvalue weighted by Gasteiger charge is 2.35. The van der Waals surface area contributed by atoms with Crippen LogP contribution in [0.4, 0.5) is 13.2 Å². The fourth-order valence-electron chi connectivity index (χ4n) is 2.85. The highest BCUT2D eigenvalue weighted by Crippen LogP contribution is 2.33. The Hall–Kier alpha value is -3.08. The molecule has 0 saturated carbocycles. The van der Waals surface area contributed by atoms with Crippen molar-refractivity contribution >= 4 is 49.4 Å². The minimum Gasteiger partial charge on any atom is -0.506 e. The molecule has 2 aromatic carbocycles. The number of carbonyl (C=O) groups excluding carboxylic acids is 1. The predicted molar refractivity (Wildman–Crippen MR) is 136 cm³/mol. The Morgan fingerprint density at radius 2 is 1.70 bits per heavy atom. The van der Waals surface area contributed by atoms with Gasteiger partial charge in [0.05, 0.1) is 43.0 Å². The third kappa shape index (κ3) is 7.24. The van der Waals surface area contributed by atoms with Crippen molar-refractivity contribution in [3.8, 4) is 17.5 Å². The standard InChI is InChI=1S/C16H14ClF3N2O4.C7H3Br2NO/c1-8(2)26-14(24)10-6-9(4-5-11(10)17)22-13(23)7-12(16(18,19)20)21(3)15(22)25;8-5-1-4(3-10)2-6(9)7(5)11/h4-8H,1-3H3;1-2,11H. The van der Waals surface area contributed by atoms with E-state index in [0.29, 0.717) is 29.7 Å². The number of phenolic OH excluding ortho intramolecular Hbond substituents is 1. The van der Waals surface area contributed by atoms with Gasteiger partial charge in [0.1, 0.15) is 11.4 Å². The molecule has 37 heavy (non-hydrogen) atoms. The number of halogens is 6. The summed E-state index contributed by atoms with van der Waals surface area (Å²) in [5.74, 6) is -0.673. The van der Waals surface area contributed by atoms with Crippen LogP contribution in [0.3, 0.4) is 0 Å². The minimum atomic E-state index is -4.86. The zero-order chi connectivity index (χ0) is 28.2. The zero-order valence-electron chi connectivity index (χ0n) is 19.2. The van der Waals surface area contributed by atoms with Gasteiger partial charge in [0.15, 0.2) is 0 Å². The summed E-state index contributed by atoms with van der Waals surface area (Å²) in [7, 11) is 0.894. The number of alkyl halides is 3. The van der Waals surface area contributed by atoms with E-state index in [0.717, 1.165) is 13.1 Å². The van der Waals surface area contributed by atoms with E-state index in [-0.39, 0.29) is 22.0 Å². The Kier molecular flexibility index (Phi) is 9.76. The highest BCUT2D eigenvalue weighted by molar-refractivity contribution is 9.11. The van der Waals surface area contributed by atoms with Gasteiger partial charge in [-0.25, -0.2) is 14.2 Å². The Morgan fingerprint density at radius 3 is 2.19 bits per heavy atom. The van der Waals surface area contributed by atoms with Gasteiger partial charge in [0.25, 0.3) is 5.56 Å². The van der Waals surface area contributed by atoms with Crippen molar-refractivity contribution in [2.45, 2.75) is 26.1 Å². The molecule has 0 fully saturated rings. The molecule has 8 nitrogen and oxygen atoms in total. The van der Waals surface area contributed by atoms with Crippen molar-refractivity contribution in [1.82, 2.24) is 9.13 Å². The summed E-state index contributed by atoms with van der Waals surface area (Å²) in [4.78, 5) is 36.4. The van der Waals surface area contributed by atoms with Crippen LogP contribution in [0.1, 0.15) is 35.5 Å². The maximum atomic E-state index is 12.9. The van der Waals surface area contributed by atoms with Crippen molar-refractivity contribution in [3.05, 3.63) is 88.0 Å². The SMILES string of the molecule is CC(C)OC(=O)c1cc(-n2c(=O)cc(C(F)(F)F)n(C)c2=O)ccc1Cl.N#Cc1cc(Br)c(O)c(Br)c1. The predicted octanol–water partition coefficient (Wildman–Crippen LogP) is 5.56. The van der Waals surface area contributed by atoms with Gasteiger partial charge in [-0.05, 0) is 76.0 Å². The fraction of sp³-hybridized carbons (Fsp3) is 0.217. The largest absolute Gasteiger partial charge is 0.506 e. The lowest BCUT2D eigenvalue weighted by atomic mass is 10.2. The summed E-state index contributed by atoms with van der Waals surface area (Å²) in [5.41, 5.74) is -3.50. The molecule has 0 radical (unpaired) electrons. The zero-order valence-corrected chi connectivity index (χ0v) is 23.2. The van der Waals surface area contributed by atoms with Crippen LogP contribution in [0.25, 0.3) is 5.69 Å². The molecule has 1 N–H and O–H groups in total. The molecule has 0 saturated heterocycles. The second kappa shape index (κ2) is 12.0. The van der Waals surface area contributed by atoms with Crippen LogP contribution >= 0.6 is 43.5 Å². The number of nitrogens with zero attached hydrogens (tertiary/aromatic N) is 3. The first-order valence-electron chi connectivity index (χ1n) is 10.1. The first kappa shape index (κ1) is 30.1. The lowest BCUT2D eigenvalue weighted by Crippen LogP contribution is -2.40. The van der Waals surface area contributed by atoms with Gasteiger partial charge < -0.3 is 9.84 Å². The van der Waals surface area contributed by atoms with E-state index in [9.17, 15) is 32.7 Å². The molecule has 0 spiro atoms. The van der Waals surface area contributed by atoms with Gasteiger partial charge >= 0.3 is 17.8 Å². The topological polar surface area (TPSA) is 114 Å². The van der Waals surface area contributed by atoms with E-state index in [1.54, 1.807) is 26.0 Å². The Bertz CT molecular complexity index is 1490. The first-order valence-corrected chi connectivity index (χ1v) is 12.0. The maximum absolute atomic E-state index is 12.9. The molecule has 0 bridgehead atoms. The van der Waals surface area contributed by atoms with E-state index in [1.165, 1.54) is 12.1 Å². The van der Waals surface area contributed by atoms with Crippen molar-refractivity contribution in [3.63, 3.8) is 0 Å². The monoisotopic (exact) mass is 665 g/mol. The van der Waals surface area contributed by atoms with E-state index in [4.69, 9.17) is 21.6 Å². The van der Waals surface area contributed by atoms with E-state index in [2.05, 4.69) is 31.9 Å². The molecular formula is C23H17Br2ClF3N3O5. The average molecular weight is 668 g/mol. The molecule has 14 heteroatoms. The smallest absolute Gasteiger partial charge is 0.431 e. The quantitative estimate of drug-likeness (QED) is 0.366. The summed E-state index contributed by atoms with van der Waals surface area (Å²) < 4.78 is 45.6. The summed E-state index contributed by atoms with van der Waals surface area (Å²) in [6.07, 6.45) is -5.30. The second-order valence-corrected chi connectivity index (χ2v) is 9.68. The lowest BCUT2D eigenvalue weighted by Gasteiger charge is -2.15. The number of hydrogen-bond acceptors (Lipinski definition) is 6. The molecular weight excluding hydrogens is 651 g/mol. The van der Waals surface area contributed by atoms with Gasteiger partial charge in [-0.1, -0.05) is 11.6 Å². The van der Waals surface area contributed by atoms with Crippen LogP contribution in [0.5, 0.6) is 5.75 Å². The van der Waals surface area contributed by atoms with Gasteiger partial charge in [-0.3, -0.25) is 9.36 Å². The molecule has 3 aromatic rings. The number of ether oxygens (including phenoxy) is 1. The molecule has 0 amide bonds. The molecule has 0 aliphatic heterocycles. The van der Waals surface area contributed by atoms with Crippen molar-refractivity contribution in [1.29, 1.82) is 5.26 Å². The van der Waals surface area contributed by atoms with Gasteiger partial charge in [0, 0.05) is 13.1 Å². The van der Waals surface area contributed by atoms with E-state index in [1.807, 2.05) is 6.07 Å². The minimum absolute atomic E-state index is 0.0104. The number of aromatic nitrogens is 2. The molecule has 0 unspecified atom stereocenters. The lowest BCUT2D eigenvalue weighted by molar-refractivity contribution is -0.144. The first-order chi connectivity index (χ1) is 17.1. The Labute approximate surface area is 229 Å². The Balaban J connectivity index is 0.000000364. The van der Waals surface area contributed by atoms with Gasteiger partial charge in [-0.15, -0.1) is 0 Å². The third-order valence-corrected chi connectivity index (χ3v) is 6.07. The molecule has 0 aliphatic carbocycles. The number of phenols is 1. The molecule has 0 atom stereocenters. The molecule has 0 aliphatic rings. The normalized spacial score (nSPS) is 10.9. The number of nitriles is 1. The number of esters is 1. The fourth-order valence-corrected chi connectivity index (χ4v) is 4.23. The summed E-state index contributed by atoms with van der Waals surface area (Å²) in [6.45, 7) is 3.23. The van der Waals surface area contributed by atoms with Gasteiger partial charge in [-0.2, -0.15) is 18.4 Å². The van der Waals surface area contributed by atoms with Gasteiger partial charge in [0.2, 0.25) is 0 Å². The number of aromatic hydroxyl groups is 1. The van der Waals surface area contributed by atoms with Crippen LogP contribution in [0, 0.1) is 11.3 Å². The number of hydrogen-bond donors (Lipinski definition) is 1. The van der Waals surface area contributed by atoms with E-state index < -0.39 is 35.2 Å². The summed E-state index contributed by atoms with van der Waals surface area (Å²) in [5, 5.41) is 17.7. The third-order valence-electron chi connectivity index (χ3n) is 4.53. The second-order valence-electron chi connectivity index (χ2n) is 7.56. The number of benzene rings is 2. The van der Waals surface area contributed by atoms with Crippen molar-refractivity contribution in [2.75, 3.05) is 0 Å². The molecule has 1 heterocycles. The summed E-state index contributed by atoms with van der Waals surface area (Å²) in [6, 6.07) is 8.99. The number of carbonyl (C=O) groups is 1. The van der Waals surface area contributed by atoms with Crippen LogP contribution in [0.2, 0.25) is 5.02 Å². The molecule has 3 rings (SSSR count). The van der Waals surface area contributed by atoms with Crippen LogP contribution in [0.15, 0.2) is 54.9 Å². The summed E-state index contributed by atoms with van der Waals surface area (Å²) >= 11 is 12.2. The number of rotatable bonds is 3.